The zero-order chi connectivity index (χ0) is 25.2. The molecule has 1 amide bonds. The number of ketones is 1. The lowest BCUT2D eigenvalue weighted by Crippen LogP contribution is -2.19. The number of fused-ring (bicyclic) bond motifs is 2. The number of hydrogen-bond acceptors (Lipinski definition) is 4. The van der Waals surface area contributed by atoms with Crippen molar-refractivity contribution in [2.45, 2.75) is 20.4 Å². The van der Waals surface area contributed by atoms with Crippen molar-refractivity contribution in [1.82, 2.24) is 14.5 Å². The smallest absolute Gasteiger partial charge is 0.244 e. The number of benzene rings is 3. The Kier molecular flexibility index (Phi) is 5.93. The van der Waals surface area contributed by atoms with Crippen LogP contribution in [-0.2, 0) is 11.3 Å². The van der Waals surface area contributed by atoms with Crippen LogP contribution in [-0.4, -0.2) is 26.2 Å². The first-order valence-electron chi connectivity index (χ1n) is 11.5. The topological polar surface area (TPSA) is 104 Å². The summed E-state index contributed by atoms with van der Waals surface area (Å²) in [6.45, 7) is 3.54. The number of Topliss-reactive ketones (excluding diaryl/α,β-unsaturated/α-hetero) is 1. The first kappa shape index (κ1) is 22.8. The molecule has 5 aromatic rings. The van der Waals surface area contributed by atoms with E-state index in [1.54, 1.807) is 24.3 Å². The Balaban J connectivity index is 1.49. The number of nitrogens with one attached hydrogen (secondary N) is 2. The van der Waals surface area contributed by atoms with Gasteiger partial charge in [0, 0.05) is 33.4 Å². The van der Waals surface area contributed by atoms with Crippen LogP contribution >= 0.6 is 0 Å². The lowest BCUT2D eigenvalue weighted by atomic mass is 10.1. The van der Waals surface area contributed by atoms with E-state index < -0.39 is 0 Å². The van der Waals surface area contributed by atoms with Gasteiger partial charge in [-0.1, -0.05) is 30.3 Å². The second-order valence-corrected chi connectivity index (χ2v) is 8.56. The van der Waals surface area contributed by atoms with Gasteiger partial charge in [-0.3, -0.25) is 9.59 Å². The van der Waals surface area contributed by atoms with Crippen molar-refractivity contribution in [3.05, 3.63) is 95.4 Å². The molecule has 0 aliphatic carbocycles. The number of carbonyl (C=O) groups excluding carboxylic acids is 2. The van der Waals surface area contributed by atoms with E-state index in [-0.39, 0.29) is 18.2 Å². The number of para-hydroxylation sites is 3. The Morgan fingerprint density at radius 2 is 1.78 bits per heavy atom. The lowest BCUT2D eigenvalue weighted by Gasteiger charge is -2.10. The Hall–Kier alpha value is -4.96. The van der Waals surface area contributed by atoms with Gasteiger partial charge in [0.15, 0.2) is 5.78 Å². The first-order chi connectivity index (χ1) is 17.4. The van der Waals surface area contributed by atoms with Crippen molar-refractivity contribution in [2.75, 3.05) is 5.32 Å². The normalized spacial score (nSPS) is 11.5. The van der Waals surface area contributed by atoms with Crippen LogP contribution in [0.4, 0.5) is 5.69 Å². The molecule has 0 bridgehead atoms. The maximum absolute atomic E-state index is 12.9. The monoisotopic (exact) mass is 473 g/mol. The molecule has 0 fully saturated rings. The van der Waals surface area contributed by atoms with Gasteiger partial charge >= 0.3 is 0 Å². The van der Waals surface area contributed by atoms with E-state index in [9.17, 15) is 14.9 Å². The fourth-order valence-electron chi connectivity index (χ4n) is 4.35. The summed E-state index contributed by atoms with van der Waals surface area (Å²) in [5, 5.41) is 13.8. The molecule has 7 nitrogen and oxygen atoms in total. The van der Waals surface area contributed by atoms with Crippen LogP contribution in [0.5, 0.6) is 0 Å². The summed E-state index contributed by atoms with van der Waals surface area (Å²) < 4.78 is 1.94. The van der Waals surface area contributed by atoms with Gasteiger partial charge in [0.1, 0.15) is 18.4 Å². The summed E-state index contributed by atoms with van der Waals surface area (Å²) >= 11 is 0. The maximum Gasteiger partial charge on any atom is 0.244 e. The van der Waals surface area contributed by atoms with E-state index in [0.29, 0.717) is 22.6 Å². The van der Waals surface area contributed by atoms with E-state index in [1.165, 1.54) is 6.92 Å². The molecular weight excluding hydrogens is 450 g/mol. The minimum absolute atomic E-state index is 0.0257. The number of H-pyrrole nitrogens is 1. The molecule has 2 heterocycles. The van der Waals surface area contributed by atoms with E-state index >= 15 is 0 Å². The number of nitrogens with zero attached hydrogens (tertiary/aromatic N) is 3. The number of rotatable bonds is 6. The van der Waals surface area contributed by atoms with Crippen molar-refractivity contribution in [2.24, 2.45) is 0 Å². The molecule has 0 unspecified atom stereocenters. The van der Waals surface area contributed by atoms with Gasteiger partial charge in [-0.25, -0.2) is 4.98 Å². The zero-order valence-corrected chi connectivity index (χ0v) is 19.9. The minimum atomic E-state index is -0.192. The molecule has 2 N–H and O–H groups in total. The summed E-state index contributed by atoms with van der Waals surface area (Å²) in [6.07, 6.45) is 1.82. The number of carbonyl (C=O) groups is 2. The summed E-state index contributed by atoms with van der Waals surface area (Å²) in [5.74, 6) is 0.284. The molecule has 0 aliphatic heterocycles. The number of imidazole rings is 1. The van der Waals surface area contributed by atoms with Crippen molar-refractivity contribution in [3.8, 4) is 6.07 Å². The molecule has 7 heteroatoms. The minimum Gasteiger partial charge on any atom is -0.337 e. The highest BCUT2D eigenvalue weighted by Gasteiger charge is 2.17. The molecule has 0 atom stereocenters. The fraction of sp³-hybridized carbons (Fsp3) is 0.103. The standard InChI is InChI=1S/C29H23N5O2/c1-18-24(15-21(16-30)29-32-25-8-4-5-9-26(25)33-29)23-7-3-6-10-27(23)34(18)17-28(36)31-22-13-11-20(12-14-22)19(2)35/h3-15H,17H2,1-2H3,(H,31,36)(H,32,33)/b21-15+. The third kappa shape index (κ3) is 4.28. The van der Waals surface area contributed by atoms with Crippen LogP contribution in [0.15, 0.2) is 72.8 Å². The van der Waals surface area contributed by atoms with Gasteiger partial charge in [0.2, 0.25) is 5.91 Å². The number of amides is 1. The van der Waals surface area contributed by atoms with Crippen molar-refractivity contribution in [1.29, 1.82) is 5.26 Å². The van der Waals surface area contributed by atoms with Crippen LogP contribution in [0.2, 0.25) is 0 Å². The SMILES string of the molecule is CC(=O)c1ccc(NC(=O)Cn2c(C)c(/C=C(\C#N)c3nc4ccccc4[nH]3)c3ccccc32)cc1. The highest BCUT2D eigenvalue weighted by Crippen LogP contribution is 2.30. The lowest BCUT2D eigenvalue weighted by molar-refractivity contribution is -0.116. The van der Waals surface area contributed by atoms with E-state index in [1.807, 2.05) is 66.1 Å². The number of aromatic amines is 1. The third-order valence-corrected chi connectivity index (χ3v) is 6.21. The molecule has 0 saturated carbocycles. The summed E-state index contributed by atoms with van der Waals surface area (Å²) in [4.78, 5) is 32.2. The van der Waals surface area contributed by atoms with Crippen molar-refractivity contribution >= 4 is 51.0 Å². The van der Waals surface area contributed by atoms with Gasteiger partial charge in [-0.15, -0.1) is 0 Å². The Morgan fingerprint density at radius 3 is 2.50 bits per heavy atom. The number of allylic oxidation sites excluding steroid dienone is 1. The van der Waals surface area contributed by atoms with E-state index in [4.69, 9.17) is 0 Å². The number of aromatic nitrogens is 3. The highest BCUT2D eigenvalue weighted by molar-refractivity contribution is 6.00. The average Bonchev–Trinajstić information content (AvgIpc) is 3.42. The molecule has 0 aliphatic rings. The predicted molar refractivity (Wildman–Crippen MR) is 141 cm³/mol. The van der Waals surface area contributed by atoms with E-state index in [0.717, 1.165) is 33.2 Å². The van der Waals surface area contributed by atoms with Crippen LogP contribution in [0, 0.1) is 18.3 Å². The van der Waals surface area contributed by atoms with Gasteiger partial charge in [-0.05, 0) is 62.4 Å². The van der Waals surface area contributed by atoms with Crippen LogP contribution in [0.3, 0.4) is 0 Å². The van der Waals surface area contributed by atoms with Crippen molar-refractivity contribution < 1.29 is 9.59 Å². The molecule has 0 radical (unpaired) electrons. The molecule has 176 valence electrons. The second-order valence-electron chi connectivity index (χ2n) is 8.56. The largest absolute Gasteiger partial charge is 0.337 e. The average molecular weight is 474 g/mol. The fourth-order valence-corrected chi connectivity index (χ4v) is 4.35. The molecule has 2 aromatic heterocycles. The first-order valence-corrected chi connectivity index (χ1v) is 11.5. The van der Waals surface area contributed by atoms with Crippen molar-refractivity contribution in [3.63, 3.8) is 0 Å². The van der Waals surface area contributed by atoms with Crippen LogP contribution < -0.4 is 5.32 Å². The van der Waals surface area contributed by atoms with Gasteiger partial charge < -0.3 is 14.9 Å². The Bertz CT molecular complexity index is 1660. The Labute approximate surface area is 207 Å². The number of hydrogen-bond donors (Lipinski definition) is 2. The molecular formula is C29H23N5O2. The summed E-state index contributed by atoms with van der Waals surface area (Å²) in [6, 6.07) is 24.5. The Morgan fingerprint density at radius 1 is 1.06 bits per heavy atom. The number of anilines is 1. The zero-order valence-electron chi connectivity index (χ0n) is 19.9. The quantitative estimate of drug-likeness (QED) is 0.243. The van der Waals surface area contributed by atoms with Gasteiger partial charge in [0.05, 0.1) is 16.6 Å². The molecule has 36 heavy (non-hydrogen) atoms. The van der Waals surface area contributed by atoms with Gasteiger partial charge in [0.25, 0.3) is 0 Å². The third-order valence-electron chi connectivity index (χ3n) is 6.21. The van der Waals surface area contributed by atoms with Crippen LogP contribution in [0.1, 0.15) is 34.4 Å². The molecule has 3 aromatic carbocycles. The van der Waals surface area contributed by atoms with Crippen LogP contribution in [0.25, 0.3) is 33.6 Å². The van der Waals surface area contributed by atoms with Gasteiger partial charge in [-0.2, -0.15) is 5.26 Å². The molecule has 0 saturated heterocycles. The summed E-state index contributed by atoms with van der Waals surface area (Å²) in [7, 11) is 0. The molecule has 0 spiro atoms. The van der Waals surface area contributed by atoms with E-state index in [2.05, 4.69) is 21.4 Å². The highest BCUT2D eigenvalue weighted by atomic mass is 16.2. The summed E-state index contributed by atoms with van der Waals surface area (Å²) in [5.41, 5.74) is 5.90. The maximum atomic E-state index is 12.9. The molecule has 5 rings (SSSR count). The number of nitriles is 1. The predicted octanol–water partition coefficient (Wildman–Crippen LogP) is 5.73. The second kappa shape index (κ2) is 9.35.